The van der Waals surface area contributed by atoms with Crippen molar-refractivity contribution in [2.24, 2.45) is 0 Å². The molecular formula is C18H29BO2. The van der Waals surface area contributed by atoms with Gasteiger partial charge in [-0.3, -0.25) is 0 Å². The molecule has 1 aromatic carbocycles. The SMILES string of the molecule is CCC(C)c1ccc(CCB2OC(C)(C)C(C)(C)O2)cc1. The minimum atomic E-state index is -0.224. The third-order valence-electron chi connectivity index (χ3n) is 5.13. The van der Waals surface area contributed by atoms with Crippen LogP contribution in [0.2, 0.25) is 6.32 Å². The van der Waals surface area contributed by atoms with Gasteiger partial charge in [0.1, 0.15) is 0 Å². The molecule has 0 bridgehead atoms. The van der Waals surface area contributed by atoms with Crippen molar-refractivity contribution < 1.29 is 9.31 Å². The van der Waals surface area contributed by atoms with Crippen LogP contribution in [0.3, 0.4) is 0 Å². The van der Waals surface area contributed by atoms with Gasteiger partial charge in [0.2, 0.25) is 0 Å². The summed E-state index contributed by atoms with van der Waals surface area (Å²) in [6.45, 7) is 12.9. The summed E-state index contributed by atoms with van der Waals surface area (Å²) < 4.78 is 12.1. The topological polar surface area (TPSA) is 18.5 Å². The molecule has 1 fully saturated rings. The van der Waals surface area contributed by atoms with Crippen molar-refractivity contribution in [3.8, 4) is 0 Å². The van der Waals surface area contributed by atoms with Crippen LogP contribution in [0.25, 0.3) is 0 Å². The van der Waals surface area contributed by atoms with Crippen LogP contribution in [0.5, 0.6) is 0 Å². The zero-order valence-electron chi connectivity index (χ0n) is 14.4. The molecule has 1 saturated heterocycles. The molecule has 0 aromatic heterocycles. The van der Waals surface area contributed by atoms with Gasteiger partial charge in [-0.25, -0.2) is 0 Å². The molecular weight excluding hydrogens is 259 g/mol. The molecule has 1 aromatic rings. The second-order valence-corrected chi connectivity index (χ2v) is 7.28. The Hall–Kier alpha value is -0.795. The third-order valence-corrected chi connectivity index (χ3v) is 5.13. The van der Waals surface area contributed by atoms with Crippen LogP contribution in [-0.4, -0.2) is 18.3 Å². The van der Waals surface area contributed by atoms with Crippen molar-refractivity contribution in [2.75, 3.05) is 0 Å². The largest absolute Gasteiger partial charge is 0.458 e. The van der Waals surface area contributed by atoms with Crippen molar-refractivity contribution in [3.05, 3.63) is 35.4 Å². The second kappa shape index (κ2) is 6.14. The molecule has 1 unspecified atom stereocenters. The summed E-state index contributed by atoms with van der Waals surface area (Å²) in [6, 6.07) is 9.00. The van der Waals surface area contributed by atoms with E-state index in [9.17, 15) is 0 Å². The highest BCUT2D eigenvalue weighted by Gasteiger charge is 2.50. The molecule has 0 N–H and O–H groups in total. The molecule has 2 nitrogen and oxygen atoms in total. The van der Waals surface area contributed by atoms with Gasteiger partial charge in [0, 0.05) is 0 Å². The summed E-state index contributed by atoms with van der Waals surface area (Å²) in [5.41, 5.74) is 2.34. The summed E-state index contributed by atoms with van der Waals surface area (Å²) in [5.74, 6) is 0.641. The van der Waals surface area contributed by atoms with Gasteiger partial charge in [0.25, 0.3) is 0 Å². The fraction of sp³-hybridized carbons (Fsp3) is 0.667. The molecule has 3 heteroatoms. The quantitative estimate of drug-likeness (QED) is 0.722. The summed E-state index contributed by atoms with van der Waals surface area (Å²) >= 11 is 0. The molecule has 1 atom stereocenters. The Morgan fingerprint density at radius 3 is 2.00 bits per heavy atom. The van der Waals surface area contributed by atoms with E-state index >= 15 is 0 Å². The van der Waals surface area contributed by atoms with E-state index in [0.29, 0.717) is 5.92 Å². The zero-order valence-corrected chi connectivity index (χ0v) is 14.4. The molecule has 21 heavy (non-hydrogen) atoms. The maximum Gasteiger partial charge on any atom is 0.458 e. The van der Waals surface area contributed by atoms with Crippen LogP contribution in [0.4, 0.5) is 0 Å². The molecule has 1 aliphatic rings. The van der Waals surface area contributed by atoms with Gasteiger partial charge in [-0.1, -0.05) is 38.1 Å². The number of rotatable bonds is 5. The Balaban J connectivity index is 1.90. The number of benzene rings is 1. The molecule has 116 valence electrons. The number of hydrogen-bond acceptors (Lipinski definition) is 2. The minimum absolute atomic E-state index is 0.0933. The van der Waals surface area contributed by atoms with Crippen LogP contribution in [0.1, 0.15) is 65.0 Å². The standard InChI is InChI=1S/C18H29BO2/c1-7-14(2)16-10-8-15(9-11-16)12-13-19-20-17(3,4)18(5,6)21-19/h8-11,14H,7,12-13H2,1-6H3. The van der Waals surface area contributed by atoms with Crippen molar-refractivity contribution in [1.82, 2.24) is 0 Å². The zero-order chi connectivity index (χ0) is 15.7. The van der Waals surface area contributed by atoms with Crippen molar-refractivity contribution in [3.63, 3.8) is 0 Å². The maximum absolute atomic E-state index is 6.04. The molecule has 0 spiro atoms. The average Bonchev–Trinajstić information content (AvgIpc) is 2.64. The lowest BCUT2D eigenvalue weighted by atomic mass is 9.81. The van der Waals surface area contributed by atoms with Crippen LogP contribution in [0, 0.1) is 0 Å². The van der Waals surface area contributed by atoms with Crippen LogP contribution in [-0.2, 0) is 15.7 Å². The highest BCUT2D eigenvalue weighted by molar-refractivity contribution is 6.45. The van der Waals surface area contributed by atoms with E-state index in [2.05, 4.69) is 65.8 Å². The molecule has 0 amide bonds. The van der Waals surface area contributed by atoms with Crippen LogP contribution >= 0.6 is 0 Å². The van der Waals surface area contributed by atoms with Crippen LogP contribution in [0.15, 0.2) is 24.3 Å². The van der Waals surface area contributed by atoms with E-state index in [-0.39, 0.29) is 18.3 Å². The molecule has 0 aliphatic carbocycles. The highest BCUT2D eigenvalue weighted by atomic mass is 16.7. The number of hydrogen-bond donors (Lipinski definition) is 0. The first kappa shape index (κ1) is 16.6. The molecule has 1 aliphatic heterocycles. The highest BCUT2D eigenvalue weighted by Crippen LogP contribution is 2.37. The Morgan fingerprint density at radius 1 is 1.00 bits per heavy atom. The predicted octanol–water partition coefficient (Wildman–Crippen LogP) is 4.83. The fourth-order valence-corrected chi connectivity index (χ4v) is 2.62. The Bertz CT molecular complexity index is 449. The van der Waals surface area contributed by atoms with Crippen LogP contribution < -0.4 is 0 Å². The molecule has 0 radical (unpaired) electrons. The lowest BCUT2D eigenvalue weighted by Gasteiger charge is -2.32. The summed E-state index contributed by atoms with van der Waals surface area (Å²) in [5, 5.41) is 0. The lowest BCUT2D eigenvalue weighted by Crippen LogP contribution is -2.41. The first-order valence-corrected chi connectivity index (χ1v) is 8.19. The molecule has 2 rings (SSSR count). The van der Waals surface area contributed by atoms with E-state index in [1.54, 1.807) is 0 Å². The van der Waals surface area contributed by atoms with Gasteiger partial charge in [-0.15, -0.1) is 0 Å². The predicted molar refractivity (Wildman–Crippen MR) is 89.7 cm³/mol. The number of aryl methyl sites for hydroxylation is 1. The van der Waals surface area contributed by atoms with E-state index < -0.39 is 0 Å². The van der Waals surface area contributed by atoms with Gasteiger partial charge in [0.05, 0.1) is 11.2 Å². The lowest BCUT2D eigenvalue weighted by molar-refractivity contribution is 0.00578. The van der Waals surface area contributed by atoms with E-state index in [0.717, 1.165) is 12.7 Å². The summed E-state index contributed by atoms with van der Waals surface area (Å²) in [7, 11) is -0.0933. The van der Waals surface area contributed by atoms with Gasteiger partial charge in [0.15, 0.2) is 0 Å². The normalized spacial score (nSPS) is 21.5. The Labute approximate surface area is 130 Å². The molecule has 0 saturated carbocycles. The van der Waals surface area contributed by atoms with Gasteiger partial charge >= 0.3 is 7.12 Å². The van der Waals surface area contributed by atoms with E-state index in [1.165, 1.54) is 17.5 Å². The van der Waals surface area contributed by atoms with E-state index in [1.807, 2.05) is 0 Å². The van der Waals surface area contributed by atoms with Gasteiger partial charge < -0.3 is 9.31 Å². The smallest absolute Gasteiger partial charge is 0.403 e. The molecule has 1 heterocycles. The Kier molecular flexibility index (Phi) is 4.84. The van der Waals surface area contributed by atoms with Crippen molar-refractivity contribution >= 4 is 7.12 Å². The minimum Gasteiger partial charge on any atom is -0.403 e. The van der Waals surface area contributed by atoms with Gasteiger partial charge in [-0.2, -0.15) is 0 Å². The third kappa shape index (κ3) is 3.70. The maximum atomic E-state index is 6.04. The average molecular weight is 288 g/mol. The van der Waals surface area contributed by atoms with E-state index in [4.69, 9.17) is 9.31 Å². The summed E-state index contributed by atoms with van der Waals surface area (Å²) in [4.78, 5) is 0. The first-order valence-electron chi connectivity index (χ1n) is 8.19. The van der Waals surface area contributed by atoms with Crippen molar-refractivity contribution in [1.29, 1.82) is 0 Å². The first-order chi connectivity index (χ1) is 9.75. The Morgan fingerprint density at radius 2 is 1.52 bits per heavy atom. The van der Waals surface area contributed by atoms with Crippen molar-refractivity contribution in [2.45, 2.75) is 77.8 Å². The van der Waals surface area contributed by atoms with Gasteiger partial charge in [-0.05, 0) is 63.9 Å². The second-order valence-electron chi connectivity index (χ2n) is 7.28. The monoisotopic (exact) mass is 288 g/mol. The fourth-order valence-electron chi connectivity index (χ4n) is 2.62. The summed E-state index contributed by atoms with van der Waals surface area (Å²) in [6.07, 6.45) is 3.10.